The summed E-state index contributed by atoms with van der Waals surface area (Å²) in [6, 6.07) is 12.3. The lowest BCUT2D eigenvalue weighted by Crippen LogP contribution is -2.37. The third-order valence-corrected chi connectivity index (χ3v) is 4.67. The van der Waals surface area contributed by atoms with Gasteiger partial charge in [-0.15, -0.1) is 0 Å². The molecule has 4 rings (SSSR count). The molecule has 0 spiro atoms. The van der Waals surface area contributed by atoms with Crippen molar-refractivity contribution >= 4 is 0 Å². The van der Waals surface area contributed by atoms with Crippen LogP contribution in [0.3, 0.4) is 0 Å². The van der Waals surface area contributed by atoms with Crippen LogP contribution in [0.1, 0.15) is 18.4 Å². The molecule has 138 valence electrons. The zero-order valence-electron chi connectivity index (χ0n) is 15.0. The fourth-order valence-corrected chi connectivity index (χ4v) is 3.23. The Morgan fingerprint density at radius 2 is 1.70 bits per heavy atom. The molecule has 0 radical (unpaired) electrons. The van der Waals surface area contributed by atoms with Crippen LogP contribution in [0.5, 0.6) is 5.75 Å². The predicted octanol–water partition coefficient (Wildman–Crippen LogP) is 3.72. The maximum atomic E-state index is 13.7. The third kappa shape index (κ3) is 4.46. The first-order valence-corrected chi connectivity index (χ1v) is 9.14. The molecule has 0 aliphatic carbocycles. The molecule has 3 aromatic rings. The summed E-state index contributed by atoms with van der Waals surface area (Å²) in [4.78, 5) is 15.5. The van der Waals surface area contributed by atoms with Crippen molar-refractivity contribution in [3.8, 4) is 17.3 Å². The van der Waals surface area contributed by atoms with Crippen molar-refractivity contribution in [1.29, 1.82) is 0 Å². The standard InChI is InChI=1S/C21H21FN4O/c22-18-5-1-2-7-20(18)27-17-8-11-26(12-9-17)15-16-13-24-21(25-14-16)19-6-3-4-10-23-19/h1-7,10,13-14,17H,8-9,11-12,15H2. The van der Waals surface area contributed by atoms with Crippen molar-refractivity contribution in [2.75, 3.05) is 13.1 Å². The average Bonchev–Trinajstić information content (AvgIpc) is 2.72. The van der Waals surface area contributed by atoms with E-state index in [1.54, 1.807) is 24.4 Å². The molecule has 1 aliphatic rings. The number of nitrogens with zero attached hydrogens (tertiary/aromatic N) is 4. The van der Waals surface area contributed by atoms with Gasteiger partial charge in [0.2, 0.25) is 0 Å². The third-order valence-electron chi connectivity index (χ3n) is 4.67. The maximum Gasteiger partial charge on any atom is 0.178 e. The number of hydrogen-bond acceptors (Lipinski definition) is 5. The van der Waals surface area contributed by atoms with Crippen LogP contribution in [0.25, 0.3) is 11.5 Å². The number of pyridine rings is 1. The van der Waals surface area contributed by atoms with E-state index in [2.05, 4.69) is 19.9 Å². The van der Waals surface area contributed by atoms with Crippen LogP contribution in [-0.2, 0) is 6.54 Å². The molecule has 0 bridgehead atoms. The molecule has 2 aromatic heterocycles. The Balaban J connectivity index is 1.30. The van der Waals surface area contributed by atoms with E-state index in [0.29, 0.717) is 11.6 Å². The van der Waals surface area contributed by atoms with Crippen LogP contribution in [-0.4, -0.2) is 39.0 Å². The minimum Gasteiger partial charge on any atom is -0.487 e. The SMILES string of the molecule is Fc1ccccc1OC1CCN(Cc2cnc(-c3ccccn3)nc2)CC1. The Morgan fingerprint density at radius 1 is 0.963 bits per heavy atom. The van der Waals surface area contributed by atoms with E-state index < -0.39 is 0 Å². The van der Waals surface area contributed by atoms with Crippen molar-refractivity contribution in [1.82, 2.24) is 19.9 Å². The van der Waals surface area contributed by atoms with Crippen molar-refractivity contribution in [2.24, 2.45) is 0 Å². The van der Waals surface area contributed by atoms with Crippen LogP contribution in [0.15, 0.2) is 61.1 Å². The van der Waals surface area contributed by atoms with Gasteiger partial charge in [0.1, 0.15) is 11.8 Å². The highest BCUT2D eigenvalue weighted by Crippen LogP contribution is 2.22. The summed E-state index contributed by atoms with van der Waals surface area (Å²) in [6.07, 6.45) is 7.27. The van der Waals surface area contributed by atoms with Gasteiger partial charge < -0.3 is 4.74 Å². The topological polar surface area (TPSA) is 51.1 Å². The fraction of sp³-hybridized carbons (Fsp3) is 0.286. The molecule has 0 N–H and O–H groups in total. The monoisotopic (exact) mass is 364 g/mol. The number of aromatic nitrogens is 3. The molecule has 1 fully saturated rings. The van der Waals surface area contributed by atoms with E-state index >= 15 is 0 Å². The van der Waals surface area contributed by atoms with Crippen LogP contribution >= 0.6 is 0 Å². The van der Waals surface area contributed by atoms with E-state index in [4.69, 9.17) is 4.74 Å². The Bertz CT molecular complexity index is 865. The minimum atomic E-state index is -0.301. The lowest BCUT2D eigenvalue weighted by atomic mass is 10.1. The second kappa shape index (κ2) is 8.22. The Labute approximate surface area is 157 Å². The summed E-state index contributed by atoms with van der Waals surface area (Å²) < 4.78 is 19.5. The quantitative estimate of drug-likeness (QED) is 0.691. The van der Waals surface area contributed by atoms with Crippen molar-refractivity contribution in [2.45, 2.75) is 25.5 Å². The molecule has 3 heterocycles. The van der Waals surface area contributed by atoms with E-state index in [0.717, 1.165) is 43.7 Å². The Morgan fingerprint density at radius 3 is 2.41 bits per heavy atom. The molecule has 0 amide bonds. The van der Waals surface area contributed by atoms with Gasteiger partial charge >= 0.3 is 0 Å². The number of likely N-dealkylation sites (tertiary alicyclic amines) is 1. The van der Waals surface area contributed by atoms with E-state index in [9.17, 15) is 4.39 Å². The first-order valence-electron chi connectivity index (χ1n) is 9.14. The summed E-state index contributed by atoms with van der Waals surface area (Å²) in [7, 11) is 0. The number of para-hydroxylation sites is 1. The minimum absolute atomic E-state index is 0.0564. The Kier molecular flexibility index (Phi) is 5.34. The highest BCUT2D eigenvalue weighted by molar-refractivity contribution is 5.47. The highest BCUT2D eigenvalue weighted by atomic mass is 19.1. The lowest BCUT2D eigenvalue weighted by molar-refractivity contribution is 0.0934. The van der Waals surface area contributed by atoms with Gasteiger partial charge in [0, 0.05) is 43.8 Å². The van der Waals surface area contributed by atoms with Gasteiger partial charge in [-0.3, -0.25) is 9.88 Å². The van der Waals surface area contributed by atoms with Gasteiger partial charge in [0.15, 0.2) is 17.4 Å². The van der Waals surface area contributed by atoms with E-state index in [1.165, 1.54) is 6.07 Å². The molecule has 6 heteroatoms. The first-order chi connectivity index (χ1) is 13.3. The molecule has 27 heavy (non-hydrogen) atoms. The summed E-state index contributed by atoms with van der Waals surface area (Å²) >= 11 is 0. The molecular formula is C21H21FN4O. The molecule has 1 aliphatic heterocycles. The van der Waals surface area contributed by atoms with Crippen molar-refractivity contribution in [3.05, 3.63) is 72.4 Å². The van der Waals surface area contributed by atoms with Crippen LogP contribution in [0.4, 0.5) is 4.39 Å². The zero-order valence-corrected chi connectivity index (χ0v) is 15.0. The Hall–Kier alpha value is -2.86. The number of rotatable bonds is 5. The molecule has 5 nitrogen and oxygen atoms in total. The van der Waals surface area contributed by atoms with Crippen molar-refractivity contribution < 1.29 is 9.13 Å². The largest absolute Gasteiger partial charge is 0.487 e. The first kappa shape index (κ1) is 17.5. The normalized spacial score (nSPS) is 15.6. The predicted molar refractivity (Wildman–Crippen MR) is 101 cm³/mol. The van der Waals surface area contributed by atoms with Crippen LogP contribution < -0.4 is 4.74 Å². The van der Waals surface area contributed by atoms with E-state index in [-0.39, 0.29) is 11.9 Å². The molecule has 1 aromatic carbocycles. The van der Waals surface area contributed by atoms with Gasteiger partial charge in [-0.1, -0.05) is 18.2 Å². The highest BCUT2D eigenvalue weighted by Gasteiger charge is 2.21. The molecule has 1 saturated heterocycles. The van der Waals surface area contributed by atoms with E-state index in [1.807, 2.05) is 30.6 Å². The van der Waals surface area contributed by atoms with Gasteiger partial charge in [-0.25, -0.2) is 14.4 Å². The molecule has 0 atom stereocenters. The summed E-state index contributed by atoms with van der Waals surface area (Å²) in [6.45, 7) is 2.61. The molecule has 0 unspecified atom stereocenters. The van der Waals surface area contributed by atoms with Gasteiger partial charge in [0.05, 0.1) is 0 Å². The maximum absolute atomic E-state index is 13.7. The second-order valence-corrected chi connectivity index (χ2v) is 6.65. The van der Waals surface area contributed by atoms with Crippen molar-refractivity contribution in [3.63, 3.8) is 0 Å². The lowest BCUT2D eigenvalue weighted by Gasteiger charge is -2.32. The number of halogens is 1. The zero-order chi connectivity index (χ0) is 18.5. The number of ether oxygens (including phenoxy) is 1. The summed E-state index contributed by atoms with van der Waals surface area (Å²) in [5.74, 6) is 0.677. The molecular weight excluding hydrogens is 343 g/mol. The second-order valence-electron chi connectivity index (χ2n) is 6.65. The average molecular weight is 364 g/mol. The number of piperidine rings is 1. The molecule has 0 saturated carbocycles. The van der Waals surface area contributed by atoms with Gasteiger partial charge in [-0.2, -0.15) is 0 Å². The van der Waals surface area contributed by atoms with Gasteiger partial charge in [-0.05, 0) is 37.1 Å². The fourth-order valence-electron chi connectivity index (χ4n) is 3.23. The summed E-state index contributed by atoms with van der Waals surface area (Å²) in [5.41, 5.74) is 1.85. The summed E-state index contributed by atoms with van der Waals surface area (Å²) in [5, 5.41) is 0. The smallest absolute Gasteiger partial charge is 0.178 e. The van der Waals surface area contributed by atoms with Gasteiger partial charge in [0.25, 0.3) is 0 Å². The number of hydrogen-bond donors (Lipinski definition) is 0. The van der Waals surface area contributed by atoms with Crippen LogP contribution in [0.2, 0.25) is 0 Å². The van der Waals surface area contributed by atoms with Crippen LogP contribution in [0, 0.1) is 5.82 Å². The number of benzene rings is 1.